The first-order chi connectivity index (χ1) is 11.7. The highest BCUT2D eigenvalue weighted by Crippen LogP contribution is 2.17. The quantitative estimate of drug-likeness (QED) is 0.843. The summed E-state index contributed by atoms with van der Waals surface area (Å²) in [4.78, 5) is 20.9. The SMILES string of the molecule is N#Cc1cccc(N2CCCN(C(=O)c3ccc(Cl)cc3)CC2)n1. The van der Waals surface area contributed by atoms with Crippen molar-refractivity contribution in [2.24, 2.45) is 0 Å². The van der Waals surface area contributed by atoms with Crippen molar-refractivity contribution >= 4 is 23.3 Å². The zero-order valence-electron chi connectivity index (χ0n) is 13.2. The van der Waals surface area contributed by atoms with E-state index in [1.807, 2.05) is 17.0 Å². The van der Waals surface area contributed by atoms with Gasteiger partial charge in [-0.2, -0.15) is 5.26 Å². The molecule has 0 saturated carbocycles. The minimum absolute atomic E-state index is 0.0206. The number of carbonyl (C=O) groups excluding carboxylic acids is 1. The zero-order valence-corrected chi connectivity index (χ0v) is 13.9. The van der Waals surface area contributed by atoms with Crippen LogP contribution in [0.25, 0.3) is 0 Å². The first kappa shape index (κ1) is 16.3. The summed E-state index contributed by atoms with van der Waals surface area (Å²) in [5.74, 6) is 0.807. The maximum atomic E-state index is 12.6. The van der Waals surface area contributed by atoms with Gasteiger partial charge in [0.05, 0.1) is 0 Å². The van der Waals surface area contributed by atoms with Crippen LogP contribution in [-0.2, 0) is 0 Å². The largest absolute Gasteiger partial charge is 0.355 e. The molecule has 24 heavy (non-hydrogen) atoms. The fourth-order valence-electron chi connectivity index (χ4n) is 2.79. The van der Waals surface area contributed by atoms with Gasteiger partial charge in [0, 0.05) is 36.8 Å². The van der Waals surface area contributed by atoms with Crippen LogP contribution in [0.2, 0.25) is 5.02 Å². The van der Waals surface area contributed by atoms with Crippen LogP contribution in [0.1, 0.15) is 22.5 Å². The van der Waals surface area contributed by atoms with Gasteiger partial charge in [-0.05, 0) is 42.8 Å². The van der Waals surface area contributed by atoms with Crippen molar-refractivity contribution in [2.45, 2.75) is 6.42 Å². The molecule has 0 unspecified atom stereocenters. The molecule has 1 aliphatic rings. The molecule has 0 radical (unpaired) electrons. The van der Waals surface area contributed by atoms with Crippen molar-refractivity contribution in [3.05, 3.63) is 58.7 Å². The molecule has 1 fully saturated rings. The third-order valence-corrected chi connectivity index (χ3v) is 4.30. The van der Waals surface area contributed by atoms with Gasteiger partial charge in [0.15, 0.2) is 0 Å². The Bertz CT molecular complexity index is 769. The molecule has 6 heteroatoms. The lowest BCUT2D eigenvalue weighted by Crippen LogP contribution is -2.35. The highest BCUT2D eigenvalue weighted by Gasteiger charge is 2.21. The summed E-state index contributed by atoms with van der Waals surface area (Å²) in [6, 6.07) is 14.5. The van der Waals surface area contributed by atoms with Crippen molar-refractivity contribution in [1.29, 1.82) is 5.26 Å². The second-order valence-electron chi connectivity index (χ2n) is 5.63. The summed E-state index contributed by atoms with van der Waals surface area (Å²) in [5, 5.41) is 9.61. The smallest absolute Gasteiger partial charge is 0.253 e. The average Bonchev–Trinajstić information content (AvgIpc) is 2.88. The van der Waals surface area contributed by atoms with Crippen molar-refractivity contribution in [1.82, 2.24) is 9.88 Å². The van der Waals surface area contributed by atoms with Gasteiger partial charge in [-0.3, -0.25) is 4.79 Å². The number of benzene rings is 1. The summed E-state index contributed by atoms with van der Waals surface area (Å²) >= 11 is 5.88. The standard InChI is InChI=1S/C18H17ClN4O/c19-15-7-5-14(6-8-15)18(24)23-10-2-9-22(11-12-23)17-4-1-3-16(13-20)21-17/h1,3-8H,2,9-12H2. The number of amides is 1. The maximum absolute atomic E-state index is 12.6. The normalized spacial score (nSPS) is 14.8. The van der Waals surface area contributed by atoms with Gasteiger partial charge in [-0.15, -0.1) is 0 Å². The summed E-state index contributed by atoms with van der Waals surface area (Å²) in [6.07, 6.45) is 0.859. The summed E-state index contributed by atoms with van der Waals surface area (Å²) < 4.78 is 0. The van der Waals surface area contributed by atoms with E-state index in [1.54, 1.807) is 30.3 Å². The summed E-state index contributed by atoms with van der Waals surface area (Å²) in [7, 11) is 0. The number of aromatic nitrogens is 1. The monoisotopic (exact) mass is 340 g/mol. The van der Waals surface area contributed by atoms with E-state index >= 15 is 0 Å². The van der Waals surface area contributed by atoms with Crippen LogP contribution in [0.3, 0.4) is 0 Å². The van der Waals surface area contributed by atoms with Crippen LogP contribution in [-0.4, -0.2) is 42.0 Å². The Kier molecular flexibility index (Phi) is 4.97. The van der Waals surface area contributed by atoms with Crippen LogP contribution in [0.4, 0.5) is 5.82 Å². The third kappa shape index (κ3) is 3.66. The van der Waals surface area contributed by atoms with Crippen molar-refractivity contribution in [2.75, 3.05) is 31.1 Å². The van der Waals surface area contributed by atoms with Crippen molar-refractivity contribution < 1.29 is 4.79 Å². The Balaban J connectivity index is 1.69. The number of hydrogen-bond donors (Lipinski definition) is 0. The molecule has 0 aliphatic carbocycles. The zero-order chi connectivity index (χ0) is 16.9. The van der Waals surface area contributed by atoms with Gasteiger partial charge < -0.3 is 9.80 Å². The van der Waals surface area contributed by atoms with Gasteiger partial charge in [0.25, 0.3) is 5.91 Å². The Hall–Kier alpha value is -2.58. The van der Waals surface area contributed by atoms with E-state index in [9.17, 15) is 4.79 Å². The van der Waals surface area contributed by atoms with Crippen LogP contribution in [0.15, 0.2) is 42.5 Å². The summed E-state index contributed by atoms with van der Waals surface area (Å²) in [6.45, 7) is 2.84. The lowest BCUT2D eigenvalue weighted by molar-refractivity contribution is 0.0767. The van der Waals surface area contributed by atoms with E-state index in [1.165, 1.54) is 0 Å². The van der Waals surface area contributed by atoms with Crippen LogP contribution in [0, 0.1) is 11.3 Å². The predicted molar refractivity (Wildman–Crippen MR) is 93.1 cm³/mol. The van der Waals surface area contributed by atoms with Gasteiger partial charge >= 0.3 is 0 Å². The Morgan fingerprint density at radius 2 is 1.88 bits per heavy atom. The van der Waals surface area contributed by atoms with Crippen molar-refractivity contribution in [3.63, 3.8) is 0 Å². The van der Waals surface area contributed by atoms with Crippen LogP contribution >= 0.6 is 11.6 Å². The van der Waals surface area contributed by atoms with Gasteiger partial charge in [0.1, 0.15) is 17.6 Å². The topological polar surface area (TPSA) is 60.2 Å². The molecule has 2 heterocycles. The Morgan fingerprint density at radius 1 is 1.08 bits per heavy atom. The van der Waals surface area contributed by atoms with Gasteiger partial charge in [0.2, 0.25) is 0 Å². The molecule has 1 aromatic heterocycles. The number of carbonyl (C=O) groups is 1. The molecule has 1 aliphatic heterocycles. The van der Waals surface area contributed by atoms with E-state index in [0.29, 0.717) is 35.9 Å². The fraction of sp³-hybridized carbons (Fsp3) is 0.278. The second-order valence-corrected chi connectivity index (χ2v) is 6.07. The number of nitrogens with zero attached hydrogens (tertiary/aromatic N) is 4. The van der Waals surface area contributed by atoms with Crippen molar-refractivity contribution in [3.8, 4) is 6.07 Å². The number of rotatable bonds is 2. The molecule has 0 N–H and O–H groups in total. The first-order valence-electron chi connectivity index (χ1n) is 7.84. The van der Waals surface area contributed by atoms with E-state index in [-0.39, 0.29) is 5.91 Å². The number of halogens is 1. The molecule has 3 rings (SSSR count). The molecule has 5 nitrogen and oxygen atoms in total. The van der Waals surface area contributed by atoms with E-state index < -0.39 is 0 Å². The lowest BCUT2D eigenvalue weighted by atomic mass is 10.2. The highest BCUT2D eigenvalue weighted by molar-refractivity contribution is 6.30. The third-order valence-electron chi connectivity index (χ3n) is 4.05. The lowest BCUT2D eigenvalue weighted by Gasteiger charge is -2.23. The molecule has 0 atom stereocenters. The van der Waals surface area contributed by atoms with Crippen LogP contribution < -0.4 is 4.90 Å². The van der Waals surface area contributed by atoms with Crippen LogP contribution in [0.5, 0.6) is 0 Å². The van der Waals surface area contributed by atoms with Gasteiger partial charge in [-0.25, -0.2) is 4.98 Å². The second kappa shape index (κ2) is 7.33. The number of hydrogen-bond acceptors (Lipinski definition) is 4. The molecule has 0 spiro atoms. The molecular formula is C18H17ClN4O. The number of anilines is 1. The Morgan fingerprint density at radius 3 is 2.62 bits per heavy atom. The molecule has 1 saturated heterocycles. The fourth-order valence-corrected chi connectivity index (χ4v) is 2.91. The van der Waals surface area contributed by atoms with E-state index in [0.717, 1.165) is 18.8 Å². The maximum Gasteiger partial charge on any atom is 0.253 e. The average molecular weight is 341 g/mol. The summed E-state index contributed by atoms with van der Waals surface area (Å²) in [5.41, 5.74) is 1.06. The molecule has 1 amide bonds. The number of nitriles is 1. The Labute approximate surface area is 146 Å². The molecule has 122 valence electrons. The molecule has 2 aromatic rings. The highest BCUT2D eigenvalue weighted by atomic mass is 35.5. The van der Waals surface area contributed by atoms with E-state index in [4.69, 9.17) is 16.9 Å². The van der Waals surface area contributed by atoms with Gasteiger partial charge in [-0.1, -0.05) is 17.7 Å². The first-order valence-corrected chi connectivity index (χ1v) is 8.22. The molecule has 0 bridgehead atoms. The molecule has 1 aromatic carbocycles. The molecular weight excluding hydrogens is 324 g/mol. The minimum Gasteiger partial charge on any atom is -0.355 e. The van der Waals surface area contributed by atoms with E-state index in [2.05, 4.69) is 16.0 Å². The number of pyridine rings is 1. The predicted octanol–water partition coefficient (Wildman–Crippen LogP) is 2.96. The minimum atomic E-state index is 0.0206.